The predicted molar refractivity (Wildman–Crippen MR) is 287 cm³/mol. The number of fused-ring (bicyclic) bond motifs is 12. The van der Waals surface area contributed by atoms with Crippen molar-refractivity contribution in [3.8, 4) is 28.8 Å². The lowest BCUT2D eigenvalue weighted by Crippen LogP contribution is -2.14. The fraction of sp³-hybridized carbons (Fsp3) is 0.127. The van der Waals surface area contributed by atoms with Crippen LogP contribution in [0, 0.1) is 39.0 Å². The number of hydrogen-bond donors (Lipinski definition) is 0. The molecule has 13 rings (SSSR count). The molecule has 0 atom stereocenters. The number of alkyl halides is 12. The normalized spacial score (nSPS) is 13.0. The van der Waals surface area contributed by atoms with E-state index in [0.29, 0.717) is 43.6 Å². The van der Waals surface area contributed by atoms with Crippen molar-refractivity contribution in [2.24, 2.45) is 0 Å². The first-order chi connectivity index (χ1) is 37.8. The quantitative estimate of drug-likeness (QED) is 0.162. The van der Waals surface area contributed by atoms with Gasteiger partial charge in [-0.15, -0.1) is 0 Å². The molecule has 398 valence electrons. The summed E-state index contributed by atoms with van der Waals surface area (Å²) in [6.07, 6.45) is -20.0. The van der Waals surface area contributed by atoms with Crippen LogP contribution in [0.25, 0.3) is 110 Å². The molecule has 0 radical (unpaired) electrons. The van der Waals surface area contributed by atoms with Gasteiger partial charge in [0, 0.05) is 43.1 Å². The summed E-state index contributed by atoms with van der Waals surface area (Å²) in [5.41, 5.74) is -1.85. The van der Waals surface area contributed by atoms with Crippen LogP contribution < -0.4 is 0 Å². The summed E-state index contributed by atoms with van der Waals surface area (Å²) >= 11 is 0. The number of rotatable bonds is 4. The summed E-state index contributed by atoms with van der Waals surface area (Å²) in [6, 6.07) is 36.3. The maximum Gasteiger partial charge on any atom is 0.416 e. The van der Waals surface area contributed by atoms with Gasteiger partial charge in [-0.05, 0) is 131 Å². The predicted octanol–water partition coefficient (Wildman–Crippen LogP) is 19.3. The Morgan fingerprint density at radius 3 is 0.762 bits per heavy atom. The Morgan fingerprint density at radius 2 is 0.537 bits per heavy atom. The molecule has 0 fully saturated rings. The van der Waals surface area contributed by atoms with Crippen LogP contribution in [0.1, 0.15) is 50.1 Å². The Balaban J connectivity index is 1.37. The van der Waals surface area contributed by atoms with Crippen LogP contribution in [0.5, 0.6) is 0 Å². The van der Waals surface area contributed by atoms with Crippen molar-refractivity contribution in [2.45, 2.75) is 52.4 Å². The highest BCUT2D eigenvalue weighted by molar-refractivity contribution is 6.15. The van der Waals surface area contributed by atoms with E-state index in [1.54, 1.807) is 57.7 Å². The molecular formula is C63H37F12N5. The summed E-state index contributed by atoms with van der Waals surface area (Å²) in [5, 5.41) is 15.2. The van der Waals surface area contributed by atoms with E-state index in [0.717, 1.165) is 95.1 Å². The van der Waals surface area contributed by atoms with Gasteiger partial charge in [-0.2, -0.15) is 57.9 Å². The third kappa shape index (κ3) is 7.55. The van der Waals surface area contributed by atoms with Gasteiger partial charge in [-0.1, -0.05) is 70.8 Å². The number of aromatic nitrogens is 4. The zero-order valence-corrected chi connectivity index (χ0v) is 42.2. The Kier molecular flexibility index (Phi) is 10.6. The smallest absolute Gasteiger partial charge is 0.307 e. The molecule has 0 aliphatic rings. The van der Waals surface area contributed by atoms with Crippen molar-refractivity contribution in [1.29, 1.82) is 5.26 Å². The van der Waals surface area contributed by atoms with E-state index in [4.69, 9.17) is 0 Å². The van der Waals surface area contributed by atoms with Crippen LogP contribution in [0.3, 0.4) is 0 Å². The molecule has 13 aromatic rings. The van der Waals surface area contributed by atoms with Crippen LogP contribution >= 0.6 is 0 Å². The molecule has 0 amide bonds. The molecule has 0 N–H and O–H groups in total. The second-order valence-electron chi connectivity index (χ2n) is 20.4. The van der Waals surface area contributed by atoms with Crippen molar-refractivity contribution in [3.05, 3.63) is 202 Å². The number of benzene rings is 9. The topological polar surface area (TPSA) is 43.5 Å². The van der Waals surface area contributed by atoms with Gasteiger partial charge in [0.1, 0.15) is 11.6 Å². The van der Waals surface area contributed by atoms with E-state index < -0.39 is 47.0 Å². The van der Waals surface area contributed by atoms with Gasteiger partial charge in [0.25, 0.3) is 0 Å². The first kappa shape index (κ1) is 50.3. The number of hydrogen-bond acceptors (Lipinski definition) is 1. The first-order valence-electron chi connectivity index (χ1n) is 24.9. The lowest BCUT2D eigenvalue weighted by Gasteiger charge is -2.25. The molecule has 0 bridgehead atoms. The summed E-state index contributed by atoms with van der Waals surface area (Å²) in [7, 11) is 0. The number of halogens is 12. The fourth-order valence-corrected chi connectivity index (χ4v) is 11.8. The molecule has 4 heterocycles. The van der Waals surface area contributed by atoms with E-state index in [9.17, 15) is 5.26 Å². The molecular weight excluding hydrogens is 1050 g/mol. The van der Waals surface area contributed by atoms with E-state index in [-0.39, 0.29) is 71.9 Å². The molecule has 17 heteroatoms. The highest BCUT2D eigenvalue weighted by Crippen LogP contribution is 2.49. The van der Waals surface area contributed by atoms with Crippen molar-refractivity contribution in [3.63, 3.8) is 0 Å². The molecule has 9 aromatic carbocycles. The molecule has 4 aromatic heterocycles. The van der Waals surface area contributed by atoms with Gasteiger partial charge < -0.3 is 18.3 Å². The Hall–Kier alpha value is -9.17. The molecule has 0 saturated carbocycles. The Bertz CT molecular complexity index is 4330. The van der Waals surface area contributed by atoms with Crippen molar-refractivity contribution in [2.75, 3.05) is 0 Å². The van der Waals surface area contributed by atoms with Crippen LogP contribution in [0.15, 0.2) is 152 Å². The van der Waals surface area contributed by atoms with Gasteiger partial charge in [0.05, 0.1) is 89.1 Å². The zero-order valence-electron chi connectivity index (χ0n) is 42.2. The summed E-state index contributed by atoms with van der Waals surface area (Å²) in [5.74, 6) is 0. The Labute approximate surface area is 444 Å². The lowest BCUT2D eigenvalue weighted by atomic mass is 10.0. The molecule has 0 aliphatic carbocycles. The number of nitrogens with zero attached hydrogens (tertiary/aromatic N) is 5. The third-order valence-electron chi connectivity index (χ3n) is 15.3. The SMILES string of the molecule is Cc1ccc2c(c1)c1cc(C)ccc1n2-c1c(-n2c3cc(C(F)(F)F)ccc3c3ccc(C(F)(F)F)cc32)cc(-n2c3cc(C(F)(F)F)ccc3c3ccc(C(F)(F)F)cc32)c(-n2c3ccc(C)cc3c3cc(C)ccc32)c1C#N. The highest BCUT2D eigenvalue weighted by atomic mass is 19.4. The highest BCUT2D eigenvalue weighted by Gasteiger charge is 2.38. The van der Waals surface area contributed by atoms with Crippen LogP contribution in [-0.4, -0.2) is 18.3 Å². The summed E-state index contributed by atoms with van der Waals surface area (Å²) in [4.78, 5) is 0. The monoisotopic (exact) mass is 1090 g/mol. The Morgan fingerprint density at radius 1 is 0.287 bits per heavy atom. The number of nitriles is 1. The third-order valence-corrected chi connectivity index (χ3v) is 15.3. The summed E-state index contributed by atoms with van der Waals surface area (Å²) in [6.45, 7) is 7.44. The maximum atomic E-state index is 15.1. The van der Waals surface area contributed by atoms with Crippen LogP contribution in [0.4, 0.5) is 52.7 Å². The molecule has 80 heavy (non-hydrogen) atoms. The molecule has 0 aliphatic heterocycles. The minimum atomic E-state index is -5.01. The van der Waals surface area contributed by atoms with Crippen molar-refractivity contribution >= 4 is 87.2 Å². The fourth-order valence-electron chi connectivity index (χ4n) is 11.8. The van der Waals surface area contributed by atoms with Gasteiger partial charge in [0.2, 0.25) is 0 Å². The number of aryl methyl sites for hydroxylation is 4. The maximum absolute atomic E-state index is 15.1. The van der Waals surface area contributed by atoms with Crippen LogP contribution in [-0.2, 0) is 24.7 Å². The minimum absolute atomic E-state index is 0.0555. The summed E-state index contributed by atoms with van der Waals surface area (Å²) < 4.78 is 187. The van der Waals surface area contributed by atoms with E-state index >= 15 is 52.7 Å². The lowest BCUT2D eigenvalue weighted by molar-refractivity contribution is -0.138. The zero-order chi connectivity index (χ0) is 56.4. The second-order valence-corrected chi connectivity index (χ2v) is 20.4. The standard InChI is InChI=1S/C63H37F12N5/c1-31-5-17-48-43(21-31)44-22-32(2)6-18-49(44)79(48)58-47(30-76)59(80-50-19-7-33(3)23-45(50)46-24-34(4)8-20-51(46)80)57(78-54-27-37(62(70,71)72)11-15-41(54)42-16-12-38(28-55(42)78)63(73,74)75)29-56(58)77-52-25-35(60(64,65)66)9-13-39(52)40-14-10-36(26-53(40)77)61(67,68)69/h5-29H,1-4H3. The van der Waals surface area contributed by atoms with Gasteiger partial charge in [0.15, 0.2) is 0 Å². The average Bonchev–Trinajstić information content (AvgIpc) is 4.13. The van der Waals surface area contributed by atoms with E-state index in [2.05, 4.69) is 6.07 Å². The first-order valence-corrected chi connectivity index (χ1v) is 24.9. The molecule has 0 saturated heterocycles. The average molecular weight is 1090 g/mol. The largest absolute Gasteiger partial charge is 0.416 e. The molecule has 0 spiro atoms. The van der Waals surface area contributed by atoms with Gasteiger partial charge >= 0.3 is 24.7 Å². The van der Waals surface area contributed by atoms with E-state index in [1.807, 2.05) is 52.0 Å². The van der Waals surface area contributed by atoms with Gasteiger partial charge in [-0.3, -0.25) is 0 Å². The van der Waals surface area contributed by atoms with E-state index in [1.165, 1.54) is 15.2 Å². The molecule has 5 nitrogen and oxygen atoms in total. The minimum Gasteiger partial charge on any atom is -0.307 e. The van der Waals surface area contributed by atoms with Gasteiger partial charge in [-0.25, -0.2) is 0 Å². The molecule has 0 unspecified atom stereocenters. The van der Waals surface area contributed by atoms with Crippen molar-refractivity contribution < 1.29 is 52.7 Å². The van der Waals surface area contributed by atoms with Crippen LogP contribution in [0.2, 0.25) is 0 Å². The second kappa shape index (κ2) is 16.9. The van der Waals surface area contributed by atoms with Crippen molar-refractivity contribution in [1.82, 2.24) is 18.3 Å².